The first-order valence-corrected chi connectivity index (χ1v) is 20.0. The number of hydroxylamine groups is 2. The Labute approximate surface area is 341 Å². The summed E-state index contributed by atoms with van der Waals surface area (Å²) in [6.45, 7) is 8.10. The molecule has 4 aromatic rings. The summed E-state index contributed by atoms with van der Waals surface area (Å²) in [5.74, 6) is -1.35. The number of carbonyl (C=O) groups is 6. The maximum absolute atomic E-state index is 13.6. The topological polar surface area (TPSA) is 217 Å². The first kappa shape index (κ1) is 42.5. The second kappa shape index (κ2) is 18.7. The van der Waals surface area contributed by atoms with Crippen LogP contribution in [0.2, 0.25) is 0 Å². The third-order valence-electron chi connectivity index (χ3n) is 9.99. The minimum Gasteiger partial charge on any atom is -0.444 e. The van der Waals surface area contributed by atoms with Gasteiger partial charge >= 0.3 is 12.1 Å². The molecule has 314 valence electrons. The molecule has 4 N–H and O–H groups in total. The number of nitrogens with zero attached hydrogens (tertiary/aromatic N) is 5. The van der Waals surface area contributed by atoms with Gasteiger partial charge < -0.3 is 35.2 Å². The Bertz CT molecular complexity index is 2200. The molecule has 59 heavy (non-hydrogen) atoms. The van der Waals surface area contributed by atoms with E-state index in [1.807, 2.05) is 48.5 Å². The summed E-state index contributed by atoms with van der Waals surface area (Å²) >= 11 is 0. The van der Waals surface area contributed by atoms with E-state index in [2.05, 4.69) is 27.1 Å². The van der Waals surface area contributed by atoms with Crippen molar-refractivity contribution in [2.24, 2.45) is 0 Å². The van der Waals surface area contributed by atoms with Crippen molar-refractivity contribution in [3.63, 3.8) is 0 Å². The smallest absolute Gasteiger partial charge is 0.411 e. The average molecular weight is 813 g/mol. The Hall–Kier alpha value is -6.10. The summed E-state index contributed by atoms with van der Waals surface area (Å²) in [7, 11) is 0. The first-order valence-electron chi connectivity index (χ1n) is 20.0. The Balaban J connectivity index is 1.03. The number of aromatic nitrogens is 3. The summed E-state index contributed by atoms with van der Waals surface area (Å²) in [4.78, 5) is 90.6. The molecule has 5 amide bonds. The minimum absolute atomic E-state index is 0.00483. The number of carbonyl (C=O) groups excluding carboxylic acids is 6. The van der Waals surface area contributed by atoms with Gasteiger partial charge in [0.2, 0.25) is 11.8 Å². The predicted molar refractivity (Wildman–Crippen MR) is 216 cm³/mol. The molecule has 17 nitrogen and oxygen atoms in total. The van der Waals surface area contributed by atoms with Crippen molar-refractivity contribution in [3.05, 3.63) is 65.5 Å². The maximum atomic E-state index is 13.6. The number of anilines is 1. The zero-order valence-corrected chi connectivity index (χ0v) is 34.0. The molecular weight excluding hydrogens is 761 g/mol. The highest BCUT2D eigenvalue weighted by Crippen LogP contribution is 2.30. The molecule has 17 heteroatoms. The van der Waals surface area contributed by atoms with Crippen LogP contribution in [0.15, 0.2) is 48.5 Å². The average Bonchev–Trinajstić information content (AvgIpc) is 3.88. The van der Waals surface area contributed by atoms with E-state index in [9.17, 15) is 28.8 Å². The Morgan fingerprint density at radius 2 is 1.63 bits per heavy atom. The van der Waals surface area contributed by atoms with Crippen LogP contribution >= 0.6 is 0 Å². The number of likely N-dealkylation sites (tertiary alicyclic amines) is 1. The van der Waals surface area contributed by atoms with Gasteiger partial charge in [0.05, 0.1) is 30.7 Å². The van der Waals surface area contributed by atoms with E-state index in [1.165, 1.54) is 4.90 Å². The molecule has 4 heterocycles. The monoisotopic (exact) mass is 812 g/mol. The van der Waals surface area contributed by atoms with E-state index in [0.717, 1.165) is 52.6 Å². The lowest BCUT2D eigenvalue weighted by Crippen LogP contribution is -2.47. The molecule has 0 spiro atoms. The number of unbranched alkanes of at least 4 members (excludes halogenated alkanes) is 1. The summed E-state index contributed by atoms with van der Waals surface area (Å²) in [5.41, 5.74) is 9.95. The zero-order valence-electron chi connectivity index (χ0n) is 34.0. The van der Waals surface area contributed by atoms with Crippen molar-refractivity contribution in [2.75, 3.05) is 25.5 Å². The van der Waals surface area contributed by atoms with Gasteiger partial charge in [-0.1, -0.05) is 55.8 Å². The van der Waals surface area contributed by atoms with Crippen LogP contribution < -0.4 is 16.4 Å². The van der Waals surface area contributed by atoms with Crippen LogP contribution in [0.5, 0.6) is 0 Å². The second-order valence-corrected chi connectivity index (χ2v) is 15.8. The minimum atomic E-state index is -0.890. The van der Waals surface area contributed by atoms with Gasteiger partial charge in [0.1, 0.15) is 23.0 Å². The fourth-order valence-electron chi connectivity index (χ4n) is 7.09. The van der Waals surface area contributed by atoms with Gasteiger partial charge in [-0.2, -0.15) is 0 Å². The zero-order chi connectivity index (χ0) is 42.3. The van der Waals surface area contributed by atoms with Crippen molar-refractivity contribution >= 4 is 63.4 Å². The van der Waals surface area contributed by atoms with E-state index in [4.69, 9.17) is 25.0 Å². The molecule has 0 radical (unpaired) electrons. The Kier molecular flexibility index (Phi) is 13.4. The Morgan fingerprint density at radius 1 is 0.932 bits per heavy atom. The van der Waals surface area contributed by atoms with E-state index in [-0.39, 0.29) is 70.2 Å². The van der Waals surface area contributed by atoms with Gasteiger partial charge in [-0.05, 0) is 50.8 Å². The predicted octanol–water partition coefficient (Wildman–Crippen LogP) is 4.07. The molecule has 0 aliphatic carbocycles. The molecule has 2 aromatic heterocycles. The number of benzene rings is 2. The highest BCUT2D eigenvalue weighted by atomic mass is 16.7. The van der Waals surface area contributed by atoms with Crippen LogP contribution in [0, 0.1) is 0 Å². The van der Waals surface area contributed by atoms with Crippen LogP contribution in [-0.4, -0.2) is 97.6 Å². The normalized spacial score (nSPS) is 16.9. The highest BCUT2D eigenvalue weighted by molar-refractivity contribution is 6.06. The molecule has 2 fully saturated rings. The number of imide groups is 1. The summed E-state index contributed by atoms with van der Waals surface area (Å²) in [6, 6.07) is 14.4. The van der Waals surface area contributed by atoms with E-state index < -0.39 is 41.6 Å². The third-order valence-corrected chi connectivity index (χ3v) is 9.99. The van der Waals surface area contributed by atoms with Crippen LogP contribution in [0.4, 0.5) is 10.6 Å². The van der Waals surface area contributed by atoms with E-state index in [1.54, 1.807) is 20.8 Å². The van der Waals surface area contributed by atoms with Crippen molar-refractivity contribution in [1.82, 2.24) is 35.1 Å². The number of pyridine rings is 1. The molecule has 6 rings (SSSR count). The molecule has 2 aliphatic rings. The first-order chi connectivity index (χ1) is 28.2. The highest BCUT2D eigenvalue weighted by Gasteiger charge is 2.42. The third kappa shape index (κ3) is 10.7. The number of hydrogen-bond acceptors (Lipinski definition) is 12. The fraction of sp³-hybridized carbons (Fsp3) is 0.476. The number of ether oxygens (including phenoxy) is 2. The molecule has 2 atom stereocenters. The fourth-order valence-corrected chi connectivity index (χ4v) is 7.09. The molecule has 0 saturated carbocycles. The van der Waals surface area contributed by atoms with E-state index >= 15 is 0 Å². The van der Waals surface area contributed by atoms with Crippen molar-refractivity contribution in [1.29, 1.82) is 0 Å². The molecular formula is C42H52N8O9. The molecule has 2 saturated heterocycles. The standard InChI is InChI=1S/C42H52N8O9/c1-5-6-11-32-47-37-38(29-9-7-8-10-30(29)46-39(37)43)49(32)24-27-14-12-26(13-15-27)23-44-40(55)31-22-28(25-48(31)41(56)58-42(2,3)4)45-33(51)18-20-57-21-19-36(54)59-50-34(52)16-17-35(50)53/h7-10,12-15,28,31H,5-6,11,16-25H2,1-4H3,(H2,43,46)(H,44,55)(H,45,51)/t28-,31+/m1/s1. The SMILES string of the molecule is CCCCc1nc2c(N)nc3ccccc3c2n1Cc1ccc(CNC(=O)[C@@H]2C[C@@H](NC(=O)CCOCCC(=O)ON3C(=O)CCC3=O)CN2C(=O)OC(C)(C)C)cc1. The van der Waals surface area contributed by atoms with Crippen LogP contribution in [0.3, 0.4) is 0 Å². The number of aryl methyl sites for hydroxylation is 1. The number of hydrogen-bond donors (Lipinski definition) is 3. The van der Waals surface area contributed by atoms with Crippen molar-refractivity contribution in [3.8, 4) is 0 Å². The number of nitrogen functional groups attached to an aromatic ring is 1. The number of rotatable bonds is 16. The molecule has 2 aromatic carbocycles. The summed E-state index contributed by atoms with van der Waals surface area (Å²) in [5, 5.41) is 7.28. The number of imidazole rings is 1. The van der Waals surface area contributed by atoms with Gasteiger partial charge in [0.15, 0.2) is 5.82 Å². The van der Waals surface area contributed by atoms with Crippen molar-refractivity contribution in [2.45, 2.75) is 110 Å². The van der Waals surface area contributed by atoms with E-state index in [0.29, 0.717) is 22.9 Å². The maximum Gasteiger partial charge on any atom is 0.411 e. The van der Waals surface area contributed by atoms with Gasteiger partial charge in [0, 0.05) is 56.7 Å². The van der Waals surface area contributed by atoms with Gasteiger partial charge in [-0.25, -0.2) is 19.6 Å². The van der Waals surface area contributed by atoms with Crippen LogP contribution in [0.1, 0.15) is 89.6 Å². The lowest BCUT2D eigenvalue weighted by atomic mass is 10.1. The lowest BCUT2D eigenvalue weighted by Gasteiger charge is -2.28. The number of nitrogens with two attached hydrogens (primary N) is 1. The molecule has 0 bridgehead atoms. The molecule has 2 aliphatic heterocycles. The number of fused-ring (bicyclic) bond motifs is 3. The number of nitrogens with one attached hydrogen (secondary N) is 2. The number of para-hydroxylation sites is 1. The molecule has 0 unspecified atom stereocenters. The van der Waals surface area contributed by atoms with Crippen LogP contribution in [0.25, 0.3) is 21.9 Å². The second-order valence-electron chi connectivity index (χ2n) is 15.8. The summed E-state index contributed by atoms with van der Waals surface area (Å²) in [6.07, 6.45) is 2.04. The quantitative estimate of drug-likeness (QED) is 0.108. The van der Waals surface area contributed by atoms with Gasteiger partial charge in [-0.15, -0.1) is 5.06 Å². The largest absolute Gasteiger partial charge is 0.444 e. The summed E-state index contributed by atoms with van der Waals surface area (Å²) < 4.78 is 13.2. The Morgan fingerprint density at radius 3 is 2.34 bits per heavy atom. The lowest BCUT2D eigenvalue weighted by molar-refractivity contribution is -0.198. The number of amides is 5. The van der Waals surface area contributed by atoms with Crippen molar-refractivity contribution < 1.29 is 43.1 Å². The van der Waals surface area contributed by atoms with Gasteiger partial charge in [0.25, 0.3) is 11.8 Å². The van der Waals surface area contributed by atoms with Crippen LogP contribution in [-0.2, 0) is 57.8 Å². The van der Waals surface area contributed by atoms with Gasteiger partial charge in [-0.3, -0.25) is 24.1 Å².